The minimum absolute atomic E-state index is 0.352. The lowest BCUT2D eigenvalue weighted by molar-refractivity contribution is 0.584. The Bertz CT molecular complexity index is 603. The van der Waals surface area contributed by atoms with Crippen LogP contribution in [0.5, 0.6) is 0 Å². The van der Waals surface area contributed by atoms with Gasteiger partial charge in [0.15, 0.2) is 0 Å². The van der Waals surface area contributed by atoms with E-state index in [0.29, 0.717) is 6.04 Å². The van der Waals surface area contributed by atoms with Gasteiger partial charge < -0.3 is 5.32 Å². The van der Waals surface area contributed by atoms with Gasteiger partial charge in [-0.15, -0.1) is 0 Å². The van der Waals surface area contributed by atoms with Gasteiger partial charge in [0.2, 0.25) is 0 Å². The third-order valence-electron chi connectivity index (χ3n) is 4.47. The minimum atomic E-state index is 0.352. The normalized spacial score (nSPS) is 12.5. The predicted molar refractivity (Wildman–Crippen MR) is 95.0 cm³/mol. The number of nitrogens with one attached hydrogen (secondary N) is 1. The van der Waals surface area contributed by atoms with E-state index in [0.717, 1.165) is 10.9 Å². The Kier molecular flexibility index (Phi) is 5.23. The monoisotopic (exact) mass is 345 g/mol. The standard InChI is InChI=1S/C19H24BrN/c1-12-10-13(2)15(4)19(14(12)3)18(21-5)11-16-6-8-17(20)9-7-16/h6-10,18,21H,11H2,1-5H3. The van der Waals surface area contributed by atoms with Crippen LogP contribution in [0.15, 0.2) is 34.8 Å². The summed E-state index contributed by atoms with van der Waals surface area (Å²) in [7, 11) is 2.06. The highest BCUT2D eigenvalue weighted by atomic mass is 79.9. The molecule has 0 fully saturated rings. The SMILES string of the molecule is CNC(Cc1ccc(Br)cc1)c1c(C)c(C)cc(C)c1C. The van der Waals surface area contributed by atoms with Crippen molar-refractivity contribution in [3.05, 3.63) is 68.2 Å². The van der Waals surface area contributed by atoms with Crippen molar-refractivity contribution in [2.24, 2.45) is 0 Å². The van der Waals surface area contributed by atoms with Crippen LogP contribution in [-0.2, 0) is 6.42 Å². The Morgan fingerprint density at radius 1 is 0.952 bits per heavy atom. The van der Waals surface area contributed by atoms with Gasteiger partial charge in [0.1, 0.15) is 0 Å². The summed E-state index contributed by atoms with van der Waals surface area (Å²) in [5.74, 6) is 0. The van der Waals surface area contributed by atoms with Crippen molar-refractivity contribution in [3.8, 4) is 0 Å². The highest BCUT2D eigenvalue weighted by molar-refractivity contribution is 9.10. The number of hydrogen-bond donors (Lipinski definition) is 1. The van der Waals surface area contributed by atoms with Crippen molar-refractivity contribution in [3.63, 3.8) is 0 Å². The van der Waals surface area contributed by atoms with Crippen LogP contribution < -0.4 is 5.32 Å². The van der Waals surface area contributed by atoms with Crippen LogP contribution in [-0.4, -0.2) is 7.05 Å². The molecule has 0 saturated heterocycles. The van der Waals surface area contributed by atoms with Crippen LogP contribution in [0.2, 0.25) is 0 Å². The van der Waals surface area contributed by atoms with E-state index in [1.807, 2.05) is 0 Å². The molecule has 1 N–H and O–H groups in total. The molecule has 0 bridgehead atoms. The molecule has 1 nitrogen and oxygen atoms in total. The molecule has 21 heavy (non-hydrogen) atoms. The molecule has 0 aliphatic carbocycles. The van der Waals surface area contributed by atoms with Gasteiger partial charge in [-0.2, -0.15) is 0 Å². The maximum absolute atomic E-state index is 3.51. The summed E-state index contributed by atoms with van der Waals surface area (Å²) in [6, 6.07) is 11.3. The molecule has 2 aromatic carbocycles. The van der Waals surface area contributed by atoms with Crippen molar-refractivity contribution < 1.29 is 0 Å². The van der Waals surface area contributed by atoms with Gasteiger partial charge in [-0.25, -0.2) is 0 Å². The van der Waals surface area contributed by atoms with Crippen molar-refractivity contribution >= 4 is 15.9 Å². The summed E-state index contributed by atoms with van der Waals surface area (Å²) in [6.45, 7) is 8.89. The Balaban J connectivity index is 2.40. The fraction of sp³-hybridized carbons (Fsp3) is 0.368. The third-order valence-corrected chi connectivity index (χ3v) is 5.00. The van der Waals surface area contributed by atoms with Crippen LogP contribution in [0.3, 0.4) is 0 Å². The topological polar surface area (TPSA) is 12.0 Å². The maximum Gasteiger partial charge on any atom is 0.0363 e. The van der Waals surface area contributed by atoms with Crippen LogP contribution in [0.25, 0.3) is 0 Å². The van der Waals surface area contributed by atoms with E-state index in [2.05, 4.69) is 86.3 Å². The highest BCUT2D eigenvalue weighted by Crippen LogP contribution is 2.29. The van der Waals surface area contributed by atoms with Gasteiger partial charge in [-0.05, 0) is 86.7 Å². The lowest BCUT2D eigenvalue weighted by Gasteiger charge is -2.24. The van der Waals surface area contributed by atoms with E-state index in [1.54, 1.807) is 0 Å². The molecule has 0 saturated carbocycles. The Hall–Kier alpha value is -1.12. The van der Waals surface area contributed by atoms with E-state index in [1.165, 1.54) is 33.4 Å². The van der Waals surface area contributed by atoms with Gasteiger partial charge in [-0.1, -0.05) is 34.1 Å². The van der Waals surface area contributed by atoms with E-state index < -0.39 is 0 Å². The molecular formula is C19H24BrN. The zero-order valence-electron chi connectivity index (χ0n) is 13.5. The van der Waals surface area contributed by atoms with Gasteiger partial charge in [0.05, 0.1) is 0 Å². The zero-order valence-corrected chi connectivity index (χ0v) is 15.1. The lowest BCUT2D eigenvalue weighted by atomic mass is 9.87. The summed E-state index contributed by atoms with van der Waals surface area (Å²) < 4.78 is 1.13. The molecule has 2 rings (SSSR count). The summed E-state index contributed by atoms with van der Waals surface area (Å²) in [4.78, 5) is 0. The van der Waals surface area contributed by atoms with Crippen molar-refractivity contribution in [2.75, 3.05) is 7.05 Å². The smallest absolute Gasteiger partial charge is 0.0363 e. The largest absolute Gasteiger partial charge is 0.313 e. The zero-order chi connectivity index (χ0) is 15.6. The van der Waals surface area contributed by atoms with Crippen molar-refractivity contribution in [1.29, 1.82) is 0 Å². The molecule has 112 valence electrons. The average Bonchev–Trinajstić information content (AvgIpc) is 2.46. The molecule has 1 unspecified atom stereocenters. The Morgan fingerprint density at radius 2 is 1.48 bits per heavy atom. The van der Waals surface area contributed by atoms with Crippen LogP contribution >= 0.6 is 15.9 Å². The van der Waals surface area contributed by atoms with Gasteiger partial charge in [-0.3, -0.25) is 0 Å². The number of likely N-dealkylation sites (N-methyl/N-ethyl adjacent to an activating group) is 1. The second kappa shape index (κ2) is 6.76. The van der Waals surface area contributed by atoms with Gasteiger partial charge >= 0.3 is 0 Å². The van der Waals surface area contributed by atoms with E-state index in [-0.39, 0.29) is 0 Å². The molecular weight excluding hydrogens is 322 g/mol. The summed E-state index contributed by atoms with van der Waals surface area (Å²) in [5.41, 5.74) is 8.39. The van der Waals surface area contributed by atoms with Crippen LogP contribution in [0.1, 0.15) is 39.4 Å². The highest BCUT2D eigenvalue weighted by Gasteiger charge is 2.17. The molecule has 0 aliphatic rings. The molecule has 0 spiro atoms. The second-order valence-corrected chi connectivity index (χ2v) is 6.76. The van der Waals surface area contributed by atoms with Gasteiger partial charge in [0.25, 0.3) is 0 Å². The number of hydrogen-bond acceptors (Lipinski definition) is 1. The molecule has 0 radical (unpaired) electrons. The third kappa shape index (κ3) is 3.56. The van der Waals surface area contributed by atoms with Gasteiger partial charge in [0, 0.05) is 10.5 Å². The minimum Gasteiger partial charge on any atom is -0.313 e. The predicted octanol–water partition coefficient (Wildman–Crippen LogP) is 5.19. The average molecular weight is 346 g/mol. The number of aryl methyl sites for hydroxylation is 2. The maximum atomic E-state index is 3.51. The molecule has 0 amide bonds. The molecule has 0 heterocycles. The van der Waals surface area contributed by atoms with Crippen molar-refractivity contribution in [1.82, 2.24) is 5.32 Å². The van der Waals surface area contributed by atoms with E-state index >= 15 is 0 Å². The molecule has 2 heteroatoms. The first-order chi connectivity index (χ1) is 9.93. The molecule has 1 atom stereocenters. The Morgan fingerprint density at radius 3 is 1.95 bits per heavy atom. The van der Waals surface area contributed by atoms with E-state index in [4.69, 9.17) is 0 Å². The number of benzene rings is 2. The lowest BCUT2D eigenvalue weighted by Crippen LogP contribution is -2.21. The second-order valence-electron chi connectivity index (χ2n) is 5.85. The number of halogens is 1. The molecule has 0 aromatic heterocycles. The first-order valence-corrected chi connectivity index (χ1v) is 8.22. The van der Waals surface area contributed by atoms with Crippen molar-refractivity contribution in [2.45, 2.75) is 40.2 Å². The fourth-order valence-corrected chi connectivity index (χ4v) is 3.24. The first kappa shape index (κ1) is 16.3. The summed E-state index contributed by atoms with van der Waals surface area (Å²) in [6.07, 6.45) is 1.01. The Labute approximate surface area is 136 Å². The quantitative estimate of drug-likeness (QED) is 0.804. The molecule has 0 aliphatic heterocycles. The van der Waals surface area contributed by atoms with E-state index in [9.17, 15) is 0 Å². The fourth-order valence-electron chi connectivity index (χ4n) is 2.97. The van der Waals surface area contributed by atoms with Crippen LogP contribution in [0.4, 0.5) is 0 Å². The summed E-state index contributed by atoms with van der Waals surface area (Å²) >= 11 is 3.50. The molecule has 2 aromatic rings. The summed E-state index contributed by atoms with van der Waals surface area (Å²) in [5, 5.41) is 3.51. The first-order valence-electron chi connectivity index (χ1n) is 7.43. The van der Waals surface area contributed by atoms with Crippen LogP contribution in [0, 0.1) is 27.7 Å². The number of rotatable bonds is 4.